The highest BCUT2D eigenvalue weighted by atomic mass is 35.5. The molecule has 2 aliphatic carbocycles. The van der Waals surface area contributed by atoms with Gasteiger partial charge in [-0.05, 0) is 37.5 Å². The summed E-state index contributed by atoms with van der Waals surface area (Å²) in [6.07, 6.45) is 10.4. The molecule has 3 nitrogen and oxygen atoms in total. The van der Waals surface area contributed by atoms with Crippen LogP contribution in [0.2, 0.25) is 0 Å². The van der Waals surface area contributed by atoms with Crippen molar-refractivity contribution in [1.82, 2.24) is 10.2 Å². The lowest BCUT2D eigenvalue weighted by Gasteiger charge is -2.24. The van der Waals surface area contributed by atoms with Crippen LogP contribution in [-0.4, -0.2) is 36.5 Å². The van der Waals surface area contributed by atoms with Crippen molar-refractivity contribution in [2.24, 2.45) is 11.8 Å². The largest absolute Gasteiger partial charge is 0.344 e. The number of nitrogens with one attached hydrogen (secondary N) is 1. The molecule has 1 amide bonds. The fourth-order valence-corrected chi connectivity index (χ4v) is 3.67. The van der Waals surface area contributed by atoms with Crippen LogP contribution in [-0.2, 0) is 4.79 Å². The number of carbonyl (C=O) groups is 1. The lowest BCUT2D eigenvalue weighted by molar-refractivity contribution is -0.132. The lowest BCUT2D eigenvalue weighted by atomic mass is 9.85. The molecule has 110 valence electrons. The molecule has 0 aromatic rings. The Morgan fingerprint density at radius 3 is 2.63 bits per heavy atom. The summed E-state index contributed by atoms with van der Waals surface area (Å²) in [6, 6.07) is 0.742. The second kappa shape index (κ2) is 6.45. The second-order valence-electron chi connectivity index (χ2n) is 6.60. The lowest BCUT2D eigenvalue weighted by Crippen LogP contribution is -2.44. The number of halogens is 1. The summed E-state index contributed by atoms with van der Waals surface area (Å²) < 4.78 is 0. The van der Waals surface area contributed by atoms with E-state index in [2.05, 4.69) is 5.32 Å². The fraction of sp³-hybridized carbons (Fsp3) is 0.933. The molecule has 0 aromatic carbocycles. The minimum Gasteiger partial charge on any atom is -0.344 e. The fourth-order valence-electron chi connectivity index (χ4n) is 3.67. The van der Waals surface area contributed by atoms with Gasteiger partial charge in [0.2, 0.25) is 5.91 Å². The zero-order valence-corrected chi connectivity index (χ0v) is 12.8. The van der Waals surface area contributed by atoms with Crippen LogP contribution < -0.4 is 5.32 Å². The zero-order valence-electron chi connectivity index (χ0n) is 11.9. The molecule has 1 aliphatic heterocycles. The molecule has 3 rings (SSSR count). The Balaban J connectivity index is 0.00000133. The van der Waals surface area contributed by atoms with Gasteiger partial charge in [-0.1, -0.05) is 25.7 Å². The Kier molecular flexibility index (Phi) is 5.13. The summed E-state index contributed by atoms with van der Waals surface area (Å²) in [7, 11) is 1.98. The number of fused-ring (bicyclic) bond motifs is 1. The number of carbonyl (C=O) groups excluding carboxylic acids is 1. The van der Waals surface area contributed by atoms with Crippen molar-refractivity contribution >= 4 is 18.3 Å². The molecule has 1 N–H and O–H groups in total. The highest BCUT2D eigenvalue weighted by Crippen LogP contribution is 2.34. The average Bonchev–Trinajstić information content (AvgIpc) is 3.11. The Hall–Kier alpha value is -0.280. The van der Waals surface area contributed by atoms with Crippen molar-refractivity contribution in [2.75, 3.05) is 13.6 Å². The van der Waals surface area contributed by atoms with Crippen LogP contribution in [0.4, 0.5) is 0 Å². The van der Waals surface area contributed by atoms with Gasteiger partial charge in [0.25, 0.3) is 0 Å². The normalized spacial score (nSPS) is 33.4. The van der Waals surface area contributed by atoms with E-state index < -0.39 is 0 Å². The highest BCUT2D eigenvalue weighted by molar-refractivity contribution is 5.85. The summed E-state index contributed by atoms with van der Waals surface area (Å²) in [4.78, 5) is 14.4. The van der Waals surface area contributed by atoms with Crippen LogP contribution >= 0.6 is 12.4 Å². The van der Waals surface area contributed by atoms with Crippen LogP contribution in [0, 0.1) is 11.8 Å². The third-order valence-corrected chi connectivity index (χ3v) is 5.11. The Labute approximate surface area is 122 Å². The number of hydrogen-bond acceptors (Lipinski definition) is 2. The van der Waals surface area contributed by atoms with Crippen molar-refractivity contribution in [3.63, 3.8) is 0 Å². The SMILES string of the molecule is CN(CCC1CC1)C(=O)C1CC2CCCCC2N1.Cl. The van der Waals surface area contributed by atoms with Crippen molar-refractivity contribution < 1.29 is 4.79 Å². The van der Waals surface area contributed by atoms with E-state index in [1.807, 2.05) is 11.9 Å². The molecular formula is C15H27ClN2O. The molecule has 19 heavy (non-hydrogen) atoms. The van der Waals surface area contributed by atoms with E-state index in [0.717, 1.165) is 24.8 Å². The van der Waals surface area contributed by atoms with Gasteiger partial charge >= 0.3 is 0 Å². The van der Waals surface area contributed by atoms with Crippen molar-refractivity contribution in [3.8, 4) is 0 Å². The van der Waals surface area contributed by atoms with Gasteiger partial charge < -0.3 is 10.2 Å². The van der Waals surface area contributed by atoms with Crippen molar-refractivity contribution in [3.05, 3.63) is 0 Å². The van der Waals surface area contributed by atoms with Gasteiger partial charge in [0, 0.05) is 19.6 Å². The number of amides is 1. The van der Waals surface area contributed by atoms with Crippen molar-refractivity contribution in [2.45, 2.75) is 63.5 Å². The third kappa shape index (κ3) is 3.63. The number of rotatable bonds is 4. The van der Waals surface area contributed by atoms with Crippen LogP contribution in [0.1, 0.15) is 51.4 Å². The molecule has 3 unspecified atom stereocenters. The van der Waals surface area contributed by atoms with E-state index in [9.17, 15) is 4.79 Å². The first-order valence-corrected chi connectivity index (χ1v) is 7.75. The Morgan fingerprint density at radius 2 is 1.95 bits per heavy atom. The molecule has 0 radical (unpaired) electrons. The number of likely N-dealkylation sites (N-methyl/N-ethyl adjacent to an activating group) is 1. The van der Waals surface area contributed by atoms with Gasteiger partial charge in [0.1, 0.15) is 0 Å². The molecule has 1 heterocycles. The predicted molar refractivity (Wildman–Crippen MR) is 79.5 cm³/mol. The van der Waals surface area contributed by atoms with E-state index in [1.54, 1.807) is 0 Å². The molecule has 2 saturated carbocycles. The van der Waals surface area contributed by atoms with Crippen LogP contribution in [0.25, 0.3) is 0 Å². The molecule has 3 fully saturated rings. The minimum atomic E-state index is 0. The van der Waals surface area contributed by atoms with Crippen LogP contribution in [0.3, 0.4) is 0 Å². The maximum atomic E-state index is 12.4. The molecule has 0 bridgehead atoms. The summed E-state index contributed by atoms with van der Waals surface area (Å²) in [6.45, 7) is 0.955. The summed E-state index contributed by atoms with van der Waals surface area (Å²) in [5.41, 5.74) is 0. The third-order valence-electron chi connectivity index (χ3n) is 5.11. The molecule has 3 atom stereocenters. The monoisotopic (exact) mass is 286 g/mol. The van der Waals surface area contributed by atoms with Gasteiger partial charge in [0.15, 0.2) is 0 Å². The molecule has 0 aromatic heterocycles. The molecule has 1 saturated heterocycles. The van der Waals surface area contributed by atoms with Gasteiger partial charge in [-0.2, -0.15) is 0 Å². The minimum absolute atomic E-state index is 0. The Morgan fingerprint density at radius 1 is 1.21 bits per heavy atom. The Bertz CT molecular complexity index is 305. The maximum absolute atomic E-state index is 12.4. The first-order chi connectivity index (χ1) is 8.74. The molecular weight excluding hydrogens is 260 g/mol. The van der Waals surface area contributed by atoms with E-state index in [1.165, 1.54) is 44.9 Å². The van der Waals surface area contributed by atoms with E-state index >= 15 is 0 Å². The molecule has 3 aliphatic rings. The van der Waals surface area contributed by atoms with Crippen molar-refractivity contribution in [1.29, 1.82) is 0 Å². The predicted octanol–water partition coefficient (Wildman–Crippen LogP) is 2.59. The average molecular weight is 287 g/mol. The van der Waals surface area contributed by atoms with E-state index in [-0.39, 0.29) is 18.4 Å². The topological polar surface area (TPSA) is 32.3 Å². The maximum Gasteiger partial charge on any atom is 0.239 e. The first-order valence-electron chi connectivity index (χ1n) is 7.75. The molecule has 0 spiro atoms. The zero-order chi connectivity index (χ0) is 12.5. The number of hydrogen-bond donors (Lipinski definition) is 1. The van der Waals surface area contributed by atoms with E-state index in [4.69, 9.17) is 0 Å². The quantitative estimate of drug-likeness (QED) is 0.861. The standard InChI is InChI=1S/C15H26N2O.ClH/c1-17(9-8-11-6-7-11)15(18)14-10-12-4-2-3-5-13(12)16-14;/h11-14,16H,2-10H2,1H3;1H. The first kappa shape index (κ1) is 15.1. The van der Waals surface area contributed by atoms with Gasteiger partial charge in [0.05, 0.1) is 6.04 Å². The van der Waals surface area contributed by atoms with E-state index in [0.29, 0.717) is 11.9 Å². The summed E-state index contributed by atoms with van der Waals surface area (Å²) in [5, 5.41) is 3.59. The molecule has 4 heteroatoms. The summed E-state index contributed by atoms with van der Waals surface area (Å²) >= 11 is 0. The second-order valence-corrected chi connectivity index (χ2v) is 6.60. The number of nitrogens with zero attached hydrogens (tertiary/aromatic N) is 1. The van der Waals surface area contributed by atoms with Crippen LogP contribution in [0.15, 0.2) is 0 Å². The van der Waals surface area contributed by atoms with Gasteiger partial charge in [-0.15, -0.1) is 12.4 Å². The smallest absolute Gasteiger partial charge is 0.239 e. The highest BCUT2D eigenvalue weighted by Gasteiger charge is 2.39. The van der Waals surface area contributed by atoms with Gasteiger partial charge in [-0.3, -0.25) is 4.79 Å². The van der Waals surface area contributed by atoms with Gasteiger partial charge in [-0.25, -0.2) is 0 Å². The van der Waals surface area contributed by atoms with Crippen LogP contribution in [0.5, 0.6) is 0 Å². The summed E-state index contributed by atoms with van der Waals surface area (Å²) in [5.74, 6) is 2.02.